The van der Waals surface area contributed by atoms with Crippen LogP contribution in [0.5, 0.6) is 0 Å². The van der Waals surface area contributed by atoms with Crippen molar-refractivity contribution in [3.63, 3.8) is 0 Å². The summed E-state index contributed by atoms with van der Waals surface area (Å²) >= 11 is 0. The van der Waals surface area contributed by atoms with E-state index in [1.165, 1.54) is 26.4 Å². The van der Waals surface area contributed by atoms with Gasteiger partial charge in [0, 0.05) is 32.0 Å². The summed E-state index contributed by atoms with van der Waals surface area (Å²) in [4.78, 5) is 36.6. The summed E-state index contributed by atoms with van der Waals surface area (Å²) in [5.41, 5.74) is 0. The Labute approximate surface area is 110 Å². The number of fused-ring (bicyclic) bond motifs is 1. The molecule has 0 aromatic heterocycles. The summed E-state index contributed by atoms with van der Waals surface area (Å²) in [6.07, 6.45) is 6.03. The number of rotatable bonds is 2. The lowest BCUT2D eigenvalue weighted by molar-refractivity contribution is -0.247. The highest BCUT2D eigenvalue weighted by molar-refractivity contribution is 6.12. The molecule has 0 spiro atoms. The van der Waals surface area contributed by atoms with E-state index in [0.717, 1.165) is 0 Å². The molecular weight excluding hydrogens is 248 g/mol. The third-order valence-corrected chi connectivity index (χ3v) is 4.45. The van der Waals surface area contributed by atoms with E-state index in [2.05, 4.69) is 0 Å². The van der Waals surface area contributed by atoms with E-state index < -0.39 is 29.5 Å². The highest BCUT2D eigenvalue weighted by Gasteiger charge is 2.64. The predicted octanol–water partition coefficient (Wildman–Crippen LogP) is 0.301. The molecule has 19 heavy (non-hydrogen) atoms. The van der Waals surface area contributed by atoms with Crippen LogP contribution in [0.15, 0.2) is 24.3 Å². The monoisotopic (exact) mass is 262 g/mol. The molecule has 0 heterocycles. The van der Waals surface area contributed by atoms with E-state index in [1.54, 1.807) is 12.2 Å². The second-order valence-corrected chi connectivity index (χ2v) is 5.07. The van der Waals surface area contributed by atoms with Gasteiger partial charge in [0.05, 0.1) is 5.92 Å². The summed E-state index contributed by atoms with van der Waals surface area (Å²) in [5.74, 6) is -4.39. The molecule has 0 aromatic rings. The Morgan fingerprint density at radius 1 is 0.947 bits per heavy atom. The molecule has 100 valence electrons. The Bertz CT molecular complexity index is 526. The zero-order valence-corrected chi connectivity index (χ0v) is 10.7. The zero-order valence-electron chi connectivity index (χ0n) is 10.7. The molecule has 5 nitrogen and oxygen atoms in total. The topological polar surface area (TPSA) is 69.7 Å². The average molecular weight is 262 g/mol. The van der Waals surface area contributed by atoms with E-state index in [4.69, 9.17) is 9.47 Å². The van der Waals surface area contributed by atoms with Crippen molar-refractivity contribution in [1.82, 2.24) is 0 Å². The Hall–Kier alpha value is -1.59. The van der Waals surface area contributed by atoms with Crippen molar-refractivity contribution in [3.8, 4) is 0 Å². The van der Waals surface area contributed by atoms with Gasteiger partial charge in [0.25, 0.3) is 0 Å². The number of methoxy groups -OCH3 is 2. The first-order valence-corrected chi connectivity index (χ1v) is 6.15. The third-order valence-electron chi connectivity index (χ3n) is 4.45. The molecule has 0 saturated heterocycles. The standard InChI is InChI=1S/C14H14O5/c1-18-14(19-2)8-4-3-7(13(14)17)11-9(15)5-6-10(16)12(8)11/h3-8,11-12H,1-2H3/t7-,8-,11-,12+/m0/s1. The summed E-state index contributed by atoms with van der Waals surface area (Å²) in [7, 11) is 2.77. The van der Waals surface area contributed by atoms with E-state index in [9.17, 15) is 14.4 Å². The van der Waals surface area contributed by atoms with Gasteiger partial charge in [0.2, 0.25) is 5.79 Å². The maximum Gasteiger partial charge on any atom is 0.236 e. The first-order valence-electron chi connectivity index (χ1n) is 6.15. The van der Waals surface area contributed by atoms with E-state index >= 15 is 0 Å². The van der Waals surface area contributed by atoms with Crippen molar-refractivity contribution in [1.29, 1.82) is 0 Å². The third kappa shape index (κ3) is 1.34. The number of ketones is 3. The van der Waals surface area contributed by atoms with Crippen LogP contribution >= 0.6 is 0 Å². The van der Waals surface area contributed by atoms with Gasteiger partial charge in [-0.1, -0.05) is 12.2 Å². The van der Waals surface area contributed by atoms with Crippen LogP contribution in [0, 0.1) is 23.7 Å². The molecule has 1 saturated carbocycles. The van der Waals surface area contributed by atoms with Crippen molar-refractivity contribution in [2.45, 2.75) is 5.79 Å². The molecule has 1 fully saturated rings. The number of carbonyl (C=O) groups excluding carboxylic acids is 3. The molecule has 0 aliphatic heterocycles. The van der Waals surface area contributed by atoms with Crippen LogP contribution in [0.25, 0.3) is 0 Å². The van der Waals surface area contributed by atoms with Crippen molar-refractivity contribution in [2.75, 3.05) is 14.2 Å². The molecule has 4 atom stereocenters. The molecule has 0 N–H and O–H groups in total. The highest BCUT2D eigenvalue weighted by Crippen LogP contribution is 2.51. The van der Waals surface area contributed by atoms with Gasteiger partial charge in [0.15, 0.2) is 17.3 Å². The molecule has 4 rings (SSSR count). The van der Waals surface area contributed by atoms with Crippen molar-refractivity contribution in [2.24, 2.45) is 23.7 Å². The Balaban J connectivity index is 2.16. The minimum absolute atomic E-state index is 0.144. The molecule has 2 bridgehead atoms. The molecule has 4 aliphatic rings. The van der Waals surface area contributed by atoms with Gasteiger partial charge in [-0.25, -0.2) is 0 Å². The van der Waals surface area contributed by atoms with Crippen molar-refractivity contribution in [3.05, 3.63) is 24.3 Å². The van der Waals surface area contributed by atoms with Crippen LogP contribution in [0.4, 0.5) is 0 Å². The molecule has 0 amide bonds. The predicted molar refractivity (Wildman–Crippen MR) is 64.0 cm³/mol. The van der Waals surface area contributed by atoms with Crippen LogP contribution < -0.4 is 0 Å². The molecular formula is C14H14O5. The lowest BCUT2D eigenvalue weighted by Crippen LogP contribution is -2.65. The molecule has 4 aliphatic carbocycles. The van der Waals surface area contributed by atoms with Crippen LogP contribution in [-0.4, -0.2) is 37.4 Å². The quantitative estimate of drug-likeness (QED) is 0.529. The smallest absolute Gasteiger partial charge is 0.236 e. The Morgan fingerprint density at radius 2 is 1.53 bits per heavy atom. The SMILES string of the molecule is COC1(OC)C(=O)[C@H]2C=C[C@H]1[C@@H]1C(=O)C=CC(=O)[C@@H]12. The van der Waals surface area contributed by atoms with Crippen molar-refractivity contribution < 1.29 is 23.9 Å². The van der Waals surface area contributed by atoms with Gasteiger partial charge in [-0.15, -0.1) is 0 Å². The largest absolute Gasteiger partial charge is 0.346 e. The molecule has 0 unspecified atom stereocenters. The van der Waals surface area contributed by atoms with Gasteiger partial charge in [0.1, 0.15) is 0 Å². The second-order valence-electron chi connectivity index (χ2n) is 5.07. The number of allylic oxidation sites excluding steroid dienone is 3. The average Bonchev–Trinajstić information content (AvgIpc) is 2.44. The molecule has 5 heteroatoms. The summed E-state index contributed by atoms with van der Waals surface area (Å²) < 4.78 is 10.6. The second kappa shape index (κ2) is 3.95. The van der Waals surface area contributed by atoms with Gasteiger partial charge in [-0.2, -0.15) is 0 Å². The minimum Gasteiger partial charge on any atom is -0.346 e. The van der Waals surface area contributed by atoms with E-state index in [-0.39, 0.29) is 17.3 Å². The fraction of sp³-hybridized carbons (Fsp3) is 0.500. The van der Waals surface area contributed by atoms with Gasteiger partial charge >= 0.3 is 0 Å². The number of hydrogen-bond acceptors (Lipinski definition) is 5. The lowest BCUT2D eigenvalue weighted by atomic mass is 9.55. The van der Waals surface area contributed by atoms with E-state index in [0.29, 0.717) is 0 Å². The summed E-state index contributed by atoms with van der Waals surface area (Å²) in [5, 5.41) is 0. The maximum absolute atomic E-state index is 12.5. The lowest BCUT2D eigenvalue weighted by Gasteiger charge is -2.51. The van der Waals surface area contributed by atoms with Crippen molar-refractivity contribution >= 4 is 17.3 Å². The maximum atomic E-state index is 12.5. The van der Waals surface area contributed by atoms with Crippen LogP contribution in [0.1, 0.15) is 0 Å². The Morgan fingerprint density at radius 3 is 2.11 bits per heavy atom. The molecule has 0 aromatic carbocycles. The first-order chi connectivity index (χ1) is 9.06. The number of hydrogen-bond donors (Lipinski definition) is 0. The molecule has 0 radical (unpaired) electrons. The van der Waals surface area contributed by atoms with E-state index in [1.807, 2.05) is 0 Å². The number of carbonyl (C=O) groups is 3. The Kier molecular flexibility index (Phi) is 2.59. The van der Waals surface area contributed by atoms with Gasteiger partial charge in [-0.05, 0) is 12.2 Å². The summed E-state index contributed by atoms with van der Waals surface area (Å²) in [6, 6.07) is 0. The number of ether oxygens (including phenoxy) is 2. The minimum atomic E-state index is -1.44. The summed E-state index contributed by atoms with van der Waals surface area (Å²) in [6.45, 7) is 0. The fourth-order valence-electron chi connectivity index (χ4n) is 3.59. The van der Waals surface area contributed by atoms with Crippen LogP contribution in [0.3, 0.4) is 0 Å². The van der Waals surface area contributed by atoms with Gasteiger partial charge in [-0.3, -0.25) is 14.4 Å². The first kappa shape index (κ1) is 12.4. The number of Topliss-reactive ketones (excluding diaryl/α,β-unsaturated/α-hetero) is 1. The van der Waals surface area contributed by atoms with Gasteiger partial charge < -0.3 is 9.47 Å². The van der Waals surface area contributed by atoms with Crippen LogP contribution in [0.2, 0.25) is 0 Å². The van der Waals surface area contributed by atoms with Crippen LogP contribution in [-0.2, 0) is 23.9 Å². The fourth-order valence-corrected chi connectivity index (χ4v) is 3.59. The normalized spacial score (nSPS) is 38.7. The highest BCUT2D eigenvalue weighted by atomic mass is 16.7. The zero-order chi connectivity index (χ0) is 13.8.